The second-order valence-corrected chi connectivity index (χ2v) is 4.21. The normalized spacial score (nSPS) is 10.2. The first-order chi connectivity index (χ1) is 9.15. The zero-order valence-electron chi connectivity index (χ0n) is 9.91. The number of hydrogen-bond acceptors (Lipinski definition) is 5. The van der Waals surface area contributed by atoms with E-state index >= 15 is 0 Å². The summed E-state index contributed by atoms with van der Waals surface area (Å²) < 4.78 is 0. The Morgan fingerprint density at radius 3 is 2.63 bits per heavy atom. The second kappa shape index (κ2) is 6.10. The topological polar surface area (TPSA) is 81.0 Å². The number of non-ortho nitro benzene ring substituents is 1. The summed E-state index contributed by atoms with van der Waals surface area (Å²) in [5.41, 5.74) is 1.11. The number of aromatic nitrogens is 2. The van der Waals surface area contributed by atoms with Crippen LogP contribution >= 0.6 is 11.6 Å². The first kappa shape index (κ1) is 13.2. The minimum absolute atomic E-state index is 0.0966. The maximum absolute atomic E-state index is 10.5. The lowest BCUT2D eigenvalue weighted by Crippen LogP contribution is -2.06. The van der Waals surface area contributed by atoms with Crippen LogP contribution in [0.5, 0.6) is 0 Å². The van der Waals surface area contributed by atoms with Crippen LogP contribution in [0.3, 0.4) is 0 Å². The second-order valence-electron chi connectivity index (χ2n) is 3.83. The number of rotatable bonds is 5. The van der Waals surface area contributed by atoms with E-state index in [-0.39, 0.29) is 5.69 Å². The van der Waals surface area contributed by atoms with Crippen molar-refractivity contribution in [3.8, 4) is 0 Å². The molecule has 1 aromatic carbocycles. The zero-order chi connectivity index (χ0) is 13.7. The molecule has 2 rings (SSSR count). The molecule has 0 aliphatic rings. The summed E-state index contributed by atoms with van der Waals surface area (Å²) in [4.78, 5) is 17.9. The Hall–Kier alpha value is -2.21. The largest absolute Gasteiger partial charge is 0.370 e. The van der Waals surface area contributed by atoms with Crippen molar-refractivity contribution in [1.82, 2.24) is 9.97 Å². The van der Waals surface area contributed by atoms with Gasteiger partial charge in [0.05, 0.1) is 4.92 Å². The van der Waals surface area contributed by atoms with Gasteiger partial charge in [-0.2, -0.15) is 0 Å². The maximum atomic E-state index is 10.5. The van der Waals surface area contributed by atoms with Gasteiger partial charge in [-0.25, -0.2) is 9.97 Å². The van der Waals surface area contributed by atoms with Gasteiger partial charge in [-0.3, -0.25) is 10.1 Å². The van der Waals surface area contributed by atoms with E-state index in [2.05, 4.69) is 15.3 Å². The van der Waals surface area contributed by atoms with Crippen molar-refractivity contribution in [3.05, 3.63) is 57.5 Å². The number of nitro groups is 1. The number of benzene rings is 1. The molecule has 0 aliphatic carbocycles. The van der Waals surface area contributed by atoms with Crippen LogP contribution in [0.1, 0.15) is 5.56 Å². The van der Waals surface area contributed by atoms with Gasteiger partial charge in [0, 0.05) is 24.7 Å². The van der Waals surface area contributed by atoms with Gasteiger partial charge in [0.15, 0.2) is 0 Å². The van der Waals surface area contributed by atoms with Crippen LogP contribution in [0.25, 0.3) is 0 Å². The van der Waals surface area contributed by atoms with Gasteiger partial charge < -0.3 is 5.32 Å². The van der Waals surface area contributed by atoms with E-state index in [4.69, 9.17) is 11.6 Å². The molecule has 1 aromatic heterocycles. The summed E-state index contributed by atoms with van der Waals surface area (Å²) in [6, 6.07) is 8.12. The van der Waals surface area contributed by atoms with Crippen LogP contribution in [-0.4, -0.2) is 21.4 Å². The molecule has 2 aromatic rings. The minimum atomic E-state index is -0.412. The molecule has 6 nitrogen and oxygen atoms in total. The summed E-state index contributed by atoms with van der Waals surface area (Å²) >= 11 is 5.73. The maximum Gasteiger partial charge on any atom is 0.269 e. The van der Waals surface area contributed by atoms with Crippen LogP contribution in [0.2, 0.25) is 5.15 Å². The molecule has 1 N–H and O–H groups in total. The van der Waals surface area contributed by atoms with Gasteiger partial charge in [-0.1, -0.05) is 23.7 Å². The van der Waals surface area contributed by atoms with Crippen molar-refractivity contribution in [1.29, 1.82) is 0 Å². The van der Waals surface area contributed by atoms with Crippen LogP contribution in [0, 0.1) is 10.1 Å². The fourth-order valence-corrected chi connectivity index (χ4v) is 1.70. The summed E-state index contributed by atoms with van der Waals surface area (Å²) in [5, 5.41) is 14.0. The van der Waals surface area contributed by atoms with Crippen LogP contribution in [-0.2, 0) is 6.42 Å². The van der Waals surface area contributed by atoms with Gasteiger partial charge in [-0.15, -0.1) is 0 Å². The van der Waals surface area contributed by atoms with Gasteiger partial charge in [0.1, 0.15) is 17.3 Å². The first-order valence-electron chi connectivity index (χ1n) is 5.60. The van der Waals surface area contributed by atoms with Gasteiger partial charge in [0.25, 0.3) is 5.69 Å². The Morgan fingerprint density at radius 2 is 2.00 bits per heavy atom. The van der Waals surface area contributed by atoms with E-state index < -0.39 is 4.92 Å². The summed E-state index contributed by atoms with van der Waals surface area (Å²) in [6.45, 7) is 0.658. The molecule has 0 saturated heterocycles. The average Bonchev–Trinajstić information content (AvgIpc) is 2.39. The Balaban J connectivity index is 1.87. The Bertz CT molecular complexity index is 574. The molecule has 7 heteroatoms. The van der Waals surface area contributed by atoms with Crippen LogP contribution in [0.4, 0.5) is 11.5 Å². The Kier molecular flexibility index (Phi) is 4.25. The number of hydrogen-bond donors (Lipinski definition) is 1. The predicted octanol–water partition coefficient (Wildman–Crippen LogP) is 2.69. The van der Waals surface area contributed by atoms with Crippen molar-refractivity contribution < 1.29 is 4.92 Å². The molecule has 0 fully saturated rings. The number of nitro benzene ring substituents is 1. The van der Waals surface area contributed by atoms with Crippen molar-refractivity contribution in [2.75, 3.05) is 11.9 Å². The molecular formula is C12H11ClN4O2. The van der Waals surface area contributed by atoms with E-state index in [0.29, 0.717) is 17.5 Å². The quantitative estimate of drug-likeness (QED) is 0.517. The molecule has 0 atom stereocenters. The lowest BCUT2D eigenvalue weighted by molar-refractivity contribution is -0.384. The molecule has 98 valence electrons. The summed E-state index contributed by atoms with van der Waals surface area (Å²) in [5.74, 6) is 0.655. The molecule has 0 unspecified atom stereocenters. The van der Waals surface area contributed by atoms with Crippen LogP contribution in [0.15, 0.2) is 36.7 Å². The highest BCUT2D eigenvalue weighted by Gasteiger charge is 2.03. The Labute approximate surface area is 114 Å². The van der Waals surface area contributed by atoms with Crippen molar-refractivity contribution in [2.45, 2.75) is 6.42 Å². The van der Waals surface area contributed by atoms with Crippen LogP contribution < -0.4 is 5.32 Å². The van der Waals surface area contributed by atoms with Crippen molar-refractivity contribution in [2.24, 2.45) is 0 Å². The van der Waals surface area contributed by atoms with E-state index in [1.807, 2.05) is 0 Å². The highest BCUT2D eigenvalue weighted by molar-refractivity contribution is 6.29. The lowest BCUT2D eigenvalue weighted by Gasteiger charge is -2.05. The fraction of sp³-hybridized carbons (Fsp3) is 0.167. The molecule has 0 amide bonds. The molecule has 0 bridgehead atoms. The van der Waals surface area contributed by atoms with Crippen molar-refractivity contribution >= 4 is 23.1 Å². The SMILES string of the molecule is O=[N+]([O-])c1ccc(CCNc2cc(Cl)ncn2)cc1. The number of anilines is 1. The molecule has 0 spiro atoms. The van der Waals surface area contributed by atoms with E-state index in [0.717, 1.165) is 12.0 Å². The van der Waals surface area contributed by atoms with E-state index in [9.17, 15) is 10.1 Å². The molecule has 19 heavy (non-hydrogen) atoms. The lowest BCUT2D eigenvalue weighted by atomic mass is 10.1. The third-order valence-electron chi connectivity index (χ3n) is 2.50. The molecule has 0 saturated carbocycles. The zero-order valence-corrected chi connectivity index (χ0v) is 10.7. The van der Waals surface area contributed by atoms with E-state index in [1.54, 1.807) is 18.2 Å². The standard InChI is InChI=1S/C12H11ClN4O2/c13-11-7-12(16-8-15-11)14-6-5-9-1-3-10(4-2-9)17(18)19/h1-4,7-8H,5-6H2,(H,14,15,16). The third kappa shape index (κ3) is 3.89. The minimum Gasteiger partial charge on any atom is -0.370 e. The highest BCUT2D eigenvalue weighted by Crippen LogP contribution is 2.13. The first-order valence-corrected chi connectivity index (χ1v) is 5.98. The molecular weight excluding hydrogens is 268 g/mol. The number of nitrogens with one attached hydrogen (secondary N) is 1. The van der Waals surface area contributed by atoms with Gasteiger partial charge >= 0.3 is 0 Å². The Morgan fingerprint density at radius 1 is 1.26 bits per heavy atom. The average molecular weight is 279 g/mol. The predicted molar refractivity (Wildman–Crippen MR) is 72.3 cm³/mol. The summed E-state index contributed by atoms with van der Waals surface area (Å²) in [7, 11) is 0. The van der Waals surface area contributed by atoms with Crippen molar-refractivity contribution in [3.63, 3.8) is 0 Å². The molecule has 0 aliphatic heterocycles. The third-order valence-corrected chi connectivity index (χ3v) is 2.71. The summed E-state index contributed by atoms with van der Waals surface area (Å²) in [6.07, 6.45) is 2.12. The smallest absolute Gasteiger partial charge is 0.269 e. The number of nitrogens with zero attached hydrogens (tertiary/aromatic N) is 3. The highest BCUT2D eigenvalue weighted by atomic mass is 35.5. The molecule has 1 heterocycles. The molecule has 0 radical (unpaired) electrons. The van der Waals surface area contributed by atoms with Gasteiger partial charge in [-0.05, 0) is 12.0 Å². The van der Waals surface area contributed by atoms with Gasteiger partial charge in [0.2, 0.25) is 0 Å². The van der Waals surface area contributed by atoms with E-state index in [1.165, 1.54) is 18.5 Å². The number of halogens is 1. The monoisotopic (exact) mass is 278 g/mol. The fourth-order valence-electron chi connectivity index (χ4n) is 1.55.